The summed E-state index contributed by atoms with van der Waals surface area (Å²) in [6.07, 6.45) is 2.36. The van der Waals surface area contributed by atoms with E-state index in [1.165, 1.54) is 5.56 Å². The van der Waals surface area contributed by atoms with E-state index in [1.54, 1.807) is 14.2 Å². The van der Waals surface area contributed by atoms with Crippen molar-refractivity contribution < 1.29 is 18.9 Å². The van der Waals surface area contributed by atoms with Crippen molar-refractivity contribution >= 4 is 5.71 Å². The molecule has 1 spiro atoms. The van der Waals surface area contributed by atoms with Gasteiger partial charge in [-0.05, 0) is 38.1 Å². The second-order valence-electron chi connectivity index (χ2n) is 8.80. The fourth-order valence-corrected chi connectivity index (χ4v) is 4.99. The van der Waals surface area contributed by atoms with Crippen LogP contribution in [0.1, 0.15) is 50.3 Å². The second-order valence-corrected chi connectivity index (χ2v) is 8.80. The zero-order chi connectivity index (χ0) is 20.9. The maximum absolute atomic E-state index is 6.67. The van der Waals surface area contributed by atoms with Crippen molar-refractivity contribution in [1.82, 2.24) is 5.01 Å². The van der Waals surface area contributed by atoms with Crippen molar-refractivity contribution in [2.45, 2.75) is 50.5 Å². The van der Waals surface area contributed by atoms with Crippen LogP contribution in [0.2, 0.25) is 0 Å². The Labute approximate surface area is 177 Å². The molecule has 0 bridgehead atoms. The van der Waals surface area contributed by atoms with Gasteiger partial charge in [-0.15, -0.1) is 0 Å². The van der Waals surface area contributed by atoms with Gasteiger partial charge in [0.05, 0.1) is 38.2 Å². The Morgan fingerprint density at radius 1 is 1.07 bits per heavy atom. The first-order chi connectivity index (χ1) is 14.4. The molecule has 1 fully saturated rings. The minimum absolute atomic E-state index is 0.145. The minimum atomic E-state index is -0.501. The first kappa shape index (κ1) is 19.2. The lowest BCUT2D eigenvalue weighted by Crippen LogP contribution is -2.60. The lowest BCUT2D eigenvalue weighted by molar-refractivity contribution is -0.212. The smallest absolute Gasteiger partial charge is 0.203 e. The van der Waals surface area contributed by atoms with Crippen LogP contribution in [-0.2, 0) is 4.74 Å². The van der Waals surface area contributed by atoms with Crippen LogP contribution in [0.25, 0.3) is 0 Å². The van der Waals surface area contributed by atoms with Crippen LogP contribution < -0.4 is 14.2 Å². The SMILES string of the molecule is COc1ccc(C2=NN3[C@@H](C2)c2ccccc2O[C@@]32CCOC(C)(C)C2)cc1OC. The Morgan fingerprint density at radius 2 is 1.87 bits per heavy atom. The van der Waals surface area contributed by atoms with Gasteiger partial charge in [0.15, 0.2) is 11.5 Å². The number of hydrogen-bond donors (Lipinski definition) is 0. The van der Waals surface area contributed by atoms with E-state index in [4.69, 9.17) is 24.0 Å². The number of para-hydroxylation sites is 1. The highest BCUT2D eigenvalue weighted by Crippen LogP contribution is 2.51. The highest BCUT2D eigenvalue weighted by atomic mass is 16.5. The fourth-order valence-electron chi connectivity index (χ4n) is 4.99. The summed E-state index contributed by atoms with van der Waals surface area (Å²) < 4.78 is 23.6. The molecule has 3 aliphatic heterocycles. The van der Waals surface area contributed by atoms with Gasteiger partial charge in [0.25, 0.3) is 0 Å². The van der Waals surface area contributed by atoms with Crippen molar-refractivity contribution in [2.24, 2.45) is 5.10 Å². The van der Waals surface area contributed by atoms with Gasteiger partial charge in [0.1, 0.15) is 5.75 Å². The molecule has 0 saturated carbocycles. The molecule has 6 heteroatoms. The van der Waals surface area contributed by atoms with Gasteiger partial charge in [-0.2, -0.15) is 5.10 Å². The van der Waals surface area contributed by atoms with Crippen LogP contribution in [0, 0.1) is 0 Å². The van der Waals surface area contributed by atoms with E-state index in [0.29, 0.717) is 18.1 Å². The maximum Gasteiger partial charge on any atom is 0.203 e. The number of benzene rings is 2. The summed E-state index contributed by atoms with van der Waals surface area (Å²) in [4.78, 5) is 0. The molecule has 0 radical (unpaired) electrons. The predicted molar refractivity (Wildman–Crippen MR) is 114 cm³/mol. The Morgan fingerprint density at radius 3 is 2.63 bits per heavy atom. The molecule has 5 rings (SSSR count). The van der Waals surface area contributed by atoms with Gasteiger partial charge >= 0.3 is 0 Å². The number of ether oxygens (including phenoxy) is 4. The Balaban J connectivity index is 1.58. The number of nitrogens with zero attached hydrogens (tertiary/aromatic N) is 2. The topological polar surface area (TPSA) is 52.5 Å². The zero-order valence-electron chi connectivity index (χ0n) is 18.0. The van der Waals surface area contributed by atoms with Gasteiger partial charge in [-0.25, -0.2) is 5.01 Å². The molecule has 0 aromatic heterocycles. The van der Waals surface area contributed by atoms with E-state index in [9.17, 15) is 0 Å². The van der Waals surface area contributed by atoms with Gasteiger partial charge < -0.3 is 18.9 Å². The molecule has 30 heavy (non-hydrogen) atoms. The summed E-state index contributed by atoms with van der Waals surface area (Å²) in [5, 5.41) is 7.33. The Hall–Kier alpha value is -2.73. The highest BCUT2D eigenvalue weighted by molar-refractivity contribution is 6.02. The van der Waals surface area contributed by atoms with Crippen LogP contribution in [0.5, 0.6) is 17.2 Å². The number of methoxy groups -OCH3 is 2. The minimum Gasteiger partial charge on any atom is -0.493 e. The molecule has 2 atom stereocenters. The summed E-state index contributed by atoms with van der Waals surface area (Å²) in [6.45, 7) is 4.91. The van der Waals surface area contributed by atoms with E-state index in [1.807, 2.05) is 24.3 Å². The van der Waals surface area contributed by atoms with Gasteiger partial charge in [0.2, 0.25) is 5.72 Å². The fraction of sp³-hybridized carbons (Fsp3) is 0.458. The molecule has 3 heterocycles. The number of fused-ring (bicyclic) bond motifs is 4. The van der Waals surface area contributed by atoms with Crippen molar-refractivity contribution in [3.05, 3.63) is 53.6 Å². The Kier molecular flexibility index (Phi) is 4.43. The quantitative estimate of drug-likeness (QED) is 0.747. The molecule has 3 aliphatic rings. The van der Waals surface area contributed by atoms with Crippen LogP contribution in [-0.4, -0.2) is 42.9 Å². The molecule has 0 unspecified atom stereocenters. The van der Waals surface area contributed by atoms with Crippen LogP contribution in [0.3, 0.4) is 0 Å². The molecular weight excluding hydrogens is 380 g/mol. The number of hydrogen-bond acceptors (Lipinski definition) is 6. The predicted octanol–water partition coefficient (Wildman–Crippen LogP) is 4.53. The summed E-state index contributed by atoms with van der Waals surface area (Å²) in [7, 11) is 3.31. The van der Waals surface area contributed by atoms with Gasteiger partial charge in [0, 0.05) is 30.4 Å². The van der Waals surface area contributed by atoms with E-state index >= 15 is 0 Å². The average molecular weight is 408 g/mol. The van der Waals surface area contributed by atoms with Crippen LogP contribution >= 0.6 is 0 Å². The van der Waals surface area contributed by atoms with Crippen molar-refractivity contribution in [2.75, 3.05) is 20.8 Å². The van der Waals surface area contributed by atoms with Gasteiger partial charge in [-0.3, -0.25) is 0 Å². The number of hydrazone groups is 1. The van der Waals surface area contributed by atoms with E-state index in [-0.39, 0.29) is 11.6 Å². The summed E-state index contributed by atoms with van der Waals surface area (Å²) in [6, 6.07) is 14.5. The highest BCUT2D eigenvalue weighted by Gasteiger charge is 2.54. The van der Waals surface area contributed by atoms with Crippen LogP contribution in [0.15, 0.2) is 47.6 Å². The van der Waals surface area contributed by atoms with Gasteiger partial charge in [-0.1, -0.05) is 18.2 Å². The summed E-state index contributed by atoms with van der Waals surface area (Å²) >= 11 is 0. The van der Waals surface area contributed by atoms with Crippen molar-refractivity contribution in [3.63, 3.8) is 0 Å². The molecule has 2 aromatic rings. The lowest BCUT2D eigenvalue weighted by Gasteiger charge is -2.52. The number of rotatable bonds is 3. The van der Waals surface area contributed by atoms with Crippen molar-refractivity contribution in [1.29, 1.82) is 0 Å². The largest absolute Gasteiger partial charge is 0.493 e. The normalized spacial score (nSPS) is 26.5. The first-order valence-corrected chi connectivity index (χ1v) is 10.5. The van der Waals surface area contributed by atoms with E-state index in [2.05, 4.69) is 37.1 Å². The standard InChI is InChI=1S/C24H28N2O4/c1-23(2)15-24(11-12-29-23)26-19(17-7-5-6-8-20(17)30-24)14-18(25-26)16-9-10-21(27-3)22(13-16)28-4/h5-10,13,19H,11-12,14-15H2,1-4H3/t19-,24+/m0/s1. The molecule has 6 nitrogen and oxygen atoms in total. The van der Waals surface area contributed by atoms with Crippen LogP contribution in [0.4, 0.5) is 0 Å². The third kappa shape index (κ3) is 3.01. The summed E-state index contributed by atoms with van der Waals surface area (Å²) in [5.41, 5.74) is 2.49. The average Bonchev–Trinajstić information content (AvgIpc) is 3.19. The molecule has 158 valence electrons. The van der Waals surface area contributed by atoms with E-state index < -0.39 is 5.72 Å². The monoisotopic (exact) mass is 408 g/mol. The molecule has 0 aliphatic carbocycles. The molecule has 1 saturated heterocycles. The van der Waals surface area contributed by atoms with Crippen molar-refractivity contribution in [3.8, 4) is 17.2 Å². The molecule has 0 amide bonds. The third-order valence-corrected chi connectivity index (χ3v) is 6.31. The molecular formula is C24H28N2O4. The lowest BCUT2D eigenvalue weighted by atomic mass is 9.86. The summed E-state index contributed by atoms with van der Waals surface area (Å²) in [5.74, 6) is 2.38. The second kappa shape index (κ2) is 6.91. The third-order valence-electron chi connectivity index (χ3n) is 6.31. The molecule has 0 N–H and O–H groups in total. The zero-order valence-corrected chi connectivity index (χ0v) is 18.0. The van der Waals surface area contributed by atoms with E-state index in [0.717, 1.165) is 36.3 Å². The first-order valence-electron chi connectivity index (χ1n) is 10.5. The Bertz CT molecular complexity index is 1000. The molecule has 2 aromatic carbocycles. The maximum atomic E-state index is 6.67.